The Bertz CT molecular complexity index is 526. The summed E-state index contributed by atoms with van der Waals surface area (Å²) < 4.78 is 15.0. The van der Waals surface area contributed by atoms with Crippen LogP contribution in [0.5, 0.6) is 5.75 Å². The average molecular weight is 284 g/mol. The zero-order valence-electron chi connectivity index (χ0n) is 10.4. The highest BCUT2D eigenvalue weighted by molar-refractivity contribution is 7.08. The molecule has 3 heterocycles. The molecule has 19 heavy (non-hydrogen) atoms. The van der Waals surface area contributed by atoms with E-state index < -0.39 is 11.7 Å². The molecular formula is C12H13FN2O3S. The number of hydrogen-bond acceptors (Lipinski definition) is 5. The fourth-order valence-corrected chi connectivity index (χ4v) is 3.14. The van der Waals surface area contributed by atoms with Gasteiger partial charge in [-0.15, -0.1) is 11.3 Å². The minimum atomic E-state index is -2.25. The highest BCUT2D eigenvalue weighted by Gasteiger charge is 2.54. The molecule has 0 aliphatic carbocycles. The monoisotopic (exact) mass is 284 g/mol. The molecule has 2 aliphatic rings. The van der Waals surface area contributed by atoms with E-state index in [1.807, 2.05) is 5.38 Å². The molecule has 0 spiro atoms. The minimum absolute atomic E-state index is 0.0167. The van der Waals surface area contributed by atoms with Crippen molar-refractivity contribution < 1.29 is 18.8 Å². The lowest BCUT2D eigenvalue weighted by Gasteiger charge is -2.38. The van der Waals surface area contributed by atoms with Gasteiger partial charge in [-0.2, -0.15) is 0 Å². The Morgan fingerprint density at radius 2 is 2.26 bits per heavy atom. The maximum Gasteiger partial charge on any atom is 0.285 e. The number of thiophene rings is 1. The van der Waals surface area contributed by atoms with Crippen LogP contribution in [0.2, 0.25) is 0 Å². The molecule has 0 bridgehead atoms. The molecule has 2 aliphatic heterocycles. The molecule has 5 nitrogen and oxygen atoms in total. The van der Waals surface area contributed by atoms with Crippen LogP contribution in [0.3, 0.4) is 0 Å². The van der Waals surface area contributed by atoms with Gasteiger partial charge in [0.25, 0.3) is 11.7 Å². The van der Waals surface area contributed by atoms with Gasteiger partial charge in [-0.1, -0.05) is 5.06 Å². The second-order valence-corrected chi connectivity index (χ2v) is 5.34. The van der Waals surface area contributed by atoms with Crippen LogP contribution in [-0.2, 0) is 16.1 Å². The Labute approximate surface area is 113 Å². The molecule has 102 valence electrons. The van der Waals surface area contributed by atoms with Gasteiger partial charge in [-0.05, 0) is 12.3 Å². The van der Waals surface area contributed by atoms with Gasteiger partial charge in [0.2, 0.25) is 5.91 Å². The maximum atomic E-state index is 15.0. The smallest absolute Gasteiger partial charge is 0.285 e. The molecule has 0 radical (unpaired) electrons. The number of nitrogens with zero attached hydrogens (tertiary/aromatic N) is 2. The zero-order chi connectivity index (χ0) is 13.6. The van der Waals surface area contributed by atoms with Crippen molar-refractivity contribution in [2.24, 2.45) is 0 Å². The van der Waals surface area contributed by atoms with Crippen molar-refractivity contribution in [2.75, 3.05) is 6.54 Å². The first-order valence-electron chi connectivity index (χ1n) is 6.10. The molecule has 1 unspecified atom stereocenters. The normalized spacial score (nSPS) is 27.6. The van der Waals surface area contributed by atoms with Gasteiger partial charge in [0, 0.05) is 30.3 Å². The third-order valence-electron chi connectivity index (χ3n) is 3.48. The van der Waals surface area contributed by atoms with E-state index in [2.05, 4.69) is 0 Å². The number of imide groups is 1. The third kappa shape index (κ3) is 1.76. The zero-order valence-corrected chi connectivity index (χ0v) is 11.2. The highest BCUT2D eigenvalue weighted by Crippen LogP contribution is 2.40. The summed E-state index contributed by atoms with van der Waals surface area (Å²) in [6.07, 6.45) is -0.141. The van der Waals surface area contributed by atoms with Crippen LogP contribution in [0, 0.1) is 0 Å². The van der Waals surface area contributed by atoms with E-state index in [4.69, 9.17) is 4.84 Å². The molecule has 1 aromatic heterocycles. The number of halogens is 1. The summed E-state index contributed by atoms with van der Waals surface area (Å²) in [5, 5.41) is 4.70. The lowest BCUT2D eigenvalue weighted by Crippen LogP contribution is -2.61. The van der Waals surface area contributed by atoms with Gasteiger partial charge in [-0.25, -0.2) is 4.39 Å². The van der Waals surface area contributed by atoms with Crippen LogP contribution in [0.1, 0.15) is 25.3 Å². The van der Waals surface area contributed by atoms with E-state index >= 15 is 0 Å². The molecule has 1 saturated heterocycles. The summed E-state index contributed by atoms with van der Waals surface area (Å²) >= 11 is 1.47. The number of likely N-dealkylation sites (N-methyl/N-ethyl adjacent to an activating group) is 1. The fourth-order valence-electron chi connectivity index (χ4n) is 2.40. The van der Waals surface area contributed by atoms with E-state index in [1.54, 1.807) is 12.3 Å². The molecule has 1 atom stereocenters. The van der Waals surface area contributed by atoms with Crippen LogP contribution in [0.4, 0.5) is 4.39 Å². The Morgan fingerprint density at radius 1 is 1.47 bits per heavy atom. The van der Waals surface area contributed by atoms with Crippen LogP contribution in [0.15, 0.2) is 10.8 Å². The first-order chi connectivity index (χ1) is 9.06. The molecule has 2 amide bonds. The molecule has 0 aromatic carbocycles. The molecule has 0 saturated carbocycles. The molecule has 0 N–H and O–H groups in total. The van der Waals surface area contributed by atoms with Crippen molar-refractivity contribution in [1.29, 1.82) is 0 Å². The number of carbonyl (C=O) groups is 2. The fraction of sp³-hybridized carbons (Fsp3) is 0.500. The maximum absolute atomic E-state index is 15.0. The predicted octanol–water partition coefficient (Wildman–Crippen LogP) is 1.69. The summed E-state index contributed by atoms with van der Waals surface area (Å²) in [5.41, 5.74) is 0.870. The first-order valence-corrected chi connectivity index (χ1v) is 7.05. The van der Waals surface area contributed by atoms with Gasteiger partial charge >= 0.3 is 0 Å². The second kappa shape index (κ2) is 4.28. The van der Waals surface area contributed by atoms with Crippen molar-refractivity contribution in [3.05, 3.63) is 16.3 Å². The highest BCUT2D eigenvalue weighted by atomic mass is 32.1. The van der Waals surface area contributed by atoms with Crippen molar-refractivity contribution in [3.8, 4) is 5.75 Å². The van der Waals surface area contributed by atoms with Crippen molar-refractivity contribution in [3.63, 3.8) is 0 Å². The Kier molecular flexibility index (Phi) is 2.83. The van der Waals surface area contributed by atoms with E-state index in [0.29, 0.717) is 5.75 Å². The number of likely N-dealkylation sites (tertiary alicyclic amines) is 1. The van der Waals surface area contributed by atoms with Gasteiger partial charge in [0.05, 0.1) is 6.54 Å². The topological polar surface area (TPSA) is 49.9 Å². The number of amides is 2. The molecule has 1 aromatic rings. The second-order valence-electron chi connectivity index (χ2n) is 4.59. The van der Waals surface area contributed by atoms with Crippen LogP contribution >= 0.6 is 11.3 Å². The van der Waals surface area contributed by atoms with E-state index in [-0.39, 0.29) is 31.8 Å². The van der Waals surface area contributed by atoms with Crippen LogP contribution in [-0.4, -0.2) is 34.1 Å². The first kappa shape index (κ1) is 12.6. The summed E-state index contributed by atoms with van der Waals surface area (Å²) in [6, 6.07) is 0. The summed E-state index contributed by atoms with van der Waals surface area (Å²) in [4.78, 5) is 30.1. The van der Waals surface area contributed by atoms with Crippen molar-refractivity contribution >= 4 is 23.2 Å². The quantitative estimate of drug-likeness (QED) is 0.612. The van der Waals surface area contributed by atoms with Crippen LogP contribution in [0.25, 0.3) is 0 Å². The Hall–Kier alpha value is -1.47. The predicted molar refractivity (Wildman–Crippen MR) is 66.0 cm³/mol. The van der Waals surface area contributed by atoms with Gasteiger partial charge < -0.3 is 4.84 Å². The number of hydroxylamine groups is 2. The Balaban J connectivity index is 1.85. The van der Waals surface area contributed by atoms with Gasteiger partial charge in [0.1, 0.15) is 0 Å². The van der Waals surface area contributed by atoms with Crippen LogP contribution < -0.4 is 4.84 Å². The standard InChI is InChI=1S/C12H13FN2O3S/c1-2-14-10(16)3-4-12(13,11(14)17)15-5-8-6-19-7-9(8)18-15/h6-7H,2-5H2,1H3. The Morgan fingerprint density at radius 3 is 2.95 bits per heavy atom. The van der Waals surface area contributed by atoms with Gasteiger partial charge in [-0.3, -0.25) is 14.5 Å². The summed E-state index contributed by atoms with van der Waals surface area (Å²) in [6.45, 7) is 2.06. The third-order valence-corrected chi connectivity index (χ3v) is 4.25. The minimum Gasteiger partial charge on any atom is -0.401 e. The lowest BCUT2D eigenvalue weighted by atomic mass is 10.0. The van der Waals surface area contributed by atoms with E-state index in [0.717, 1.165) is 15.5 Å². The molecular weight excluding hydrogens is 271 g/mol. The number of carbonyl (C=O) groups excluding carboxylic acids is 2. The SMILES string of the molecule is CCN1C(=O)CCC(F)(N2Cc3cscc3O2)C1=O. The van der Waals surface area contributed by atoms with Crippen molar-refractivity contribution in [2.45, 2.75) is 32.1 Å². The largest absolute Gasteiger partial charge is 0.401 e. The average Bonchev–Trinajstić information content (AvgIpc) is 2.96. The van der Waals surface area contributed by atoms with E-state index in [1.165, 1.54) is 11.3 Å². The number of piperidine rings is 1. The summed E-state index contributed by atoms with van der Waals surface area (Å²) in [7, 11) is 0. The summed E-state index contributed by atoms with van der Waals surface area (Å²) in [5.74, 6) is -2.80. The number of hydrogen-bond donors (Lipinski definition) is 0. The molecule has 7 heteroatoms. The number of alkyl halides is 1. The molecule has 3 rings (SSSR count). The lowest BCUT2D eigenvalue weighted by molar-refractivity contribution is -0.218. The van der Waals surface area contributed by atoms with Crippen molar-refractivity contribution in [1.82, 2.24) is 9.96 Å². The molecule has 1 fully saturated rings. The van der Waals surface area contributed by atoms with E-state index in [9.17, 15) is 14.0 Å². The number of rotatable bonds is 2. The number of fused-ring (bicyclic) bond motifs is 1. The van der Waals surface area contributed by atoms with Gasteiger partial charge in [0.15, 0.2) is 5.75 Å².